The highest BCUT2D eigenvalue weighted by atomic mass is 35.5. The number of carbonyl (C=O) groups is 1. The van der Waals surface area contributed by atoms with Gasteiger partial charge >= 0.3 is 0 Å². The van der Waals surface area contributed by atoms with Crippen molar-refractivity contribution in [2.75, 3.05) is 27.2 Å². The molecule has 0 spiro atoms. The Labute approximate surface area is 192 Å². The van der Waals surface area contributed by atoms with Crippen LogP contribution in [0.15, 0.2) is 60.9 Å². The van der Waals surface area contributed by atoms with Crippen LogP contribution in [0, 0.1) is 0 Å². The molecular formula is C25H24ClN3O3. The van der Waals surface area contributed by atoms with E-state index < -0.39 is 0 Å². The molecule has 1 saturated heterocycles. The minimum Gasteiger partial charge on any atom is -0.497 e. The minimum absolute atomic E-state index is 0.0199. The number of halogens is 1. The molecule has 2 aromatic carbocycles. The van der Waals surface area contributed by atoms with Gasteiger partial charge in [-0.15, -0.1) is 0 Å². The van der Waals surface area contributed by atoms with Gasteiger partial charge in [-0.05, 0) is 47.0 Å². The maximum atomic E-state index is 13.2. The molecule has 6 nitrogen and oxygen atoms in total. The van der Waals surface area contributed by atoms with E-state index in [0.717, 1.165) is 29.0 Å². The predicted molar refractivity (Wildman–Crippen MR) is 123 cm³/mol. The summed E-state index contributed by atoms with van der Waals surface area (Å²) in [6.07, 6.45) is 3.29. The quantitative estimate of drug-likeness (QED) is 0.599. The summed E-state index contributed by atoms with van der Waals surface area (Å²) >= 11 is 6.30. The number of nitrogens with zero attached hydrogens (tertiary/aromatic N) is 3. The van der Waals surface area contributed by atoms with Crippen molar-refractivity contribution in [1.29, 1.82) is 0 Å². The third kappa shape index (κ3) is 3.80. The van der Waals surface area contributed by atoms with E-state index in [1.165, 1.54) is 0 Å². The standard InChI is InChI=1S/C25H24ClN3O3/c1-28-22-14-29(13-18-8-9-27-12-21(18)26)15-24(22)32-23-11-17(6-7-20(23)25(28)30)16-4-3-5-19(10-16)31-2/h3-12,22,24H,13-15H2,1-2H3/t22-,24+/m1/s1. The average Bonchev–Trinajstić information content (AvgIpc) is 3.18. The number of likely N-dealkylation sites (tertiary alicyclic amines) is 1. The molecule has 1 aromatic heterocycles. The number of hydrogen-bond donors (Lipinski definition) is 0. The average molecular weight is 450 g/mol. The Bertz CT molecular complexity index is 1170. The van der Waals surface area contributed by atoms with Crippen LogP contribution in [0.5, 0.6) is 11.5 Å². The van der Waals surface area contributed by atoms with Crippen molar-refractivity contribution in [3.63, 3.8) is 0 Å². The zero-order valence-corrected chi connectivity index (χ0v) is 18.7. The first-order chi connectivity index (χ1) is 15.5. The first-order valence-corrected chi connectivity index (χ1v) is 10.9. The van der Waals surface area contributed by atoms with Crippen molar-refractivity contribution in [3.05, 3.63) is 77.1 Å². The van der Waals surface area contributed by atoms with E-state index in [1.807, 2.05) is 60.5 Å². The van der Waals surface area contributed by atoms with E-state index >= 15 is 0 Å². The Morgan fingerprint density at radius 1 is 1.16 bits per heavy atom. The maximum Gasteiger partial charge on any atom is 0.257 e. The van der Waals surface area contributed by atoms with E-state index in [-0.39, 0.29) is 18.1 Å². The highest BCUT2D eigenvalue weighted by Gasteiger charge is 2.42. The number of pyridine rings is 1. The lowest BCUT2D eigenvalue weighted by Crippen LogP contribution is -2.44. The molecule has 0 saturated carbocycles. The number of rotatable bonds is 4. The van der Waals surface area contributed by atoms with Crippen LogP contribution in [0.1, 0.15) is 15.9 Å². The summed E-state index contributed by atoms with van der Waals surface area (Å²) in [4.78, 5) is 21.4. The Morgan fingerprint density at radius 3 is 2.81 bits per heavy atom. The van der Waals surface area contributed by atoms with Crippen LogP contribution in [-0.2, 0) is 6.54 Å². The predicted octanol–water partition coefficient (Wildman–Crippen LogP) is 4.13. The van der Waals surface area contributed by atoms with Crippen LogP contribution in [0.3, 0.4) is 0 Å². The number of fused-ring (bicyclic) bond motifs is 2. The summed E-state index contributed by atoms with van der Waals surface area (Å²) in [5.74, 6) is 1.39. The normalized spacial score (nSPS) is 20.3. The molecule has 2 aliphatic rings. The first-order valence-electron chi connectivity index (χ1n) is 10.6. The van der Waals surface area contributed by atoms with Gasteiger partial charge < -0.3 is 14.4 Å². The van der Waals surface area contributed by atoms with Crippen LogP contribution in [0.4, 0.5) is 0 Å². The smallest absolute Gasteiger partial charge is 0.257 e. The van der Waals surface area contributed by atoms with Gasteiger partial charge in [0.15, 0.2) is 0 Å². The van der Waals surface area contributed by atoms with E-state index in [2.05, 4.69) is 9.88 Å². The number of hydrogen-bond acceptors (Lipinski definition) is 5. The van der Waals surface area contributed by atoms with Gasteiger partial charge in [0.1, 0.15) is 17.6 Å². The number of aromatic nitrogens is 1. The van der Waals surface area contributed by atoms with E-state index in [4.69, 9.17) is 21.1 Å². The van der Waals surface area contributed by atoms with Crippen molar-refractivity contribution in [2.45, 2.75) is 18.7 Å². The molecule has 0 bridgehead atoms. The largest absolute Gasteiger partial charge is 0.497 e. The van der Waals surface area contributed by atoms with Gasteiger partial charge in [0, 0.05) is 39.1 Å². The molecule has 2 aliphatic heterocycles. The lowest BCUT2D eigenvalue weighted by Gasteiger charge is -2.25. The molecule has 32 heavy (non-hydrogen) atoms. The van der Waals surface area contributed by atoms with Crippen LogP contribution in [0.25, 0.3) is 11.1 Å². The fourth-order valence-electron chi connectivity index (χ4n) is 4.51. The molecular weight excluding hydrogens is 426 g/mol. The van der Waals surface area contributed by atoms with Crippen LogP contribution in [0.2, 0.25) is 5.02 Å². The number of methoxy groups -OCH3 is 1. The Kier molecular flexibility index (Phi) is 5.49. The third-order valence-electron chi connectivity index (χ3n) is 6.27. The first kappa shape index (κ1) is 20.8. The summed E-state index contributed by atoms with van der Waals surface area (Å²) in [6, 6.07) is 15.5. The second-order valence-corrected chi connectivity index (χ2v) is 8.65. The second kappa shape index (κ2) is 8.45. The van der Waals surface area contributed by atoms with E-state index in [1.54, 1.807) is 19.5 Å². The molecule has 0 aliphatic carbocycles. The fourth-order valence-corrected chi connectivity index (χ4v) is 4.68. The molecule has 3 heterocycles. The molecule has 2 atom stereocenters. The zero-order valence-electron chi connectivity index (χ0n) is 18.0. The molecule has 0 unspecified atom stereocenters. The zero-order chi connectivity index (χ0) is 22.2. The van der Waals surface area contributed by atoms with Gasteiger partial charge in [0.25, 0.3) is 5.91 Å². The summed E-state index contributed by atoms with van der Waals surface area (Å²) in [6.45, 7) is 2.13. The molecule has 5 rings (SSSR count). The van der Waals surface area contributed by atoms with Gasteiger partial charge in [-0.3, -0.25) is 14.7 Å². The van der Waals surface area contributed by atoms with Crippen molar-refractivity contribution < 1.29 is 14.3 Å². The van der Waals surface area contributed by atoms with Crippen molar-refractivity contribution in [2.24, 2.45) is 0 Å². The van der Waals surface area contributed by atoms with Crippen molar-refractivity contribution in [3.8, 4) is 22.6 Å². The molecule has 7 heteroatoms. The Morgan fingerprint density at radius 2 is 2.00 bits per heavy atom. The van der Waals surface area contributed by atoms with Crippen molar-refractivity contribution >= 4 is 17.5 Å². The highest BCUT2D eigenvalue weighted by molar-refractivity contribution is 6.31. The molecule has 3 aromatic rings. The second-order valence-electron chi connectivity index (χ2n) is 8.24. The lowest BCUT2D eigenvalue weighted by atomic mass is 10.0. The topological polar surface area (TPSA) is 54.9 Å². The summed E-state index contributed by atoms with van der Waals surface area (Å²) in [5.41, 5.74) is 3.61. The van der Waals surface area contributed by atoms with Gasteiger partial charge in [-0.2, -0.15) is 0 Å². The fraction of sp³-hybridized carbons (Fsp3) is 0.280. The summed E-state index contributed by atoms with van der Waals surface area (Å²) in [7, 11) is 3.51. The van der Waals surface area contributed by atoms with Gasteiger partial charge in [-0.1, -0.05) is 29.8 Å². The monoisotopic (exact) mass is 449 g/mol. The Hall–Kier alpha value is -3.09. The maximum absolute atomic E-state index is 13.2. The van der Waals surface area contributed by atoms with Gasteiger partial charge in [0.05, 0.1) is 23.7 Å². The highest BCUT2D eigenvalue weighted by Crippen LogP contribution is 2.35. The van der Waals surface area contributed by atoms with Gasteiger partial charge in [0.2, 0.25) is 0 Å². The Balaban J connectivity index is 1.43. The lowest BCUT2D eigenvalue weighted by molar-refractivity contribution is 0.0682. The minimum atomic E-state index is -0.119. The number of benzene rings is 2. The molecule has 1 fully saturated rings. The molecule has 1 amide bonds. The SMILES string of the molecule is COc1cccc(-c2ccc3c(c2)O[C@H]2CN(Cc4ccncc4Cl)C[C@H]2N(C)C3=O)c1. The van der Waals surface area contributed by atoms with Crippen LogP contribution >= 0.6 is 11.6 Å². The van der Waals surface area contributed by atoms with E-state index in [0.29, 0.717) is 29.4 Å². The van der Waals surface area contributed by atoms with Crippen molar-refractivity contribution in [1.82, 2.24) is 14.8 Å². The van der Waals surface area contributed by atoms with Gasteiger partial charge in [-0.25, -0.2) is 0 Å². The number of likely N-dealkylation sites (N-methyl/N-ethyl adjacent to an activating group) is 1. The molecule has 0 radical (unpaired) electrons. The van der Waals surface area contributed by atoms with Crippen LogP contribution in [-0.4, -0.2) is 60.1 Å². The number of ether oxygens (including phenoxy) is 2. The summed E-state index contributed by atoms with van der Waals surface area (Å²) in [5, 5.41) is 0.651. The molecule has 164 valence electrons. The molecule has 0 N–H and O–H groups in total. The third-order valence-corrected chi connectivity index (χ3v) is 6.61. The summed E-state index contributed by atoms with van der Waals surface area (Å²) < 4.78 is 11.8. The van der Waals surface area contributed by atoms with Crippen LogP contribution < -0.4 is 9.47 Å². The van der Waals surface area contributed by atoms with E-state index in [9.17, 15) is 4.79 Å². The number of amides is 1. The number of carbonyl (C=O) groups excluding carboxylic acids is 1.